The minimum Gasteiger partial charge on any atom is -0.497 e. The Morgan fingerprint density at radius 1 is 1.17 bits per heavy atom. The zero-order chi connectivity index (χ0) is 30.3. The number of halogens is 3. The lowest BCUT2D eigenvalue weighted by Gasteiger charge is -2.38. The van der Waals surface area contributed by atoms with Crippen LogP contribution in [-0.4, -0.2) is 84.9 Å². The molecule has 224 valence electrons. The van der Waals surface area contributed by atoms with Crippen molar-refractivity contribution in [3.05, 3.63) is 48.0 Å². The van der Waals surface area contributed by atoms with Gasteiger partial charge in [0.15, 0.2) is 0 Å². The van der Waals surface area contributed by atoms with Crippen molar-refractivity contribution in [2.45, 2.75) is 45.0 Å². The van der Waals surface area contributed by atoms with E-state index >= 15 is 0 Å². The van der Waals surface area contributed by atoms with E-state index in [0.29, 0.717) is 11.4 Å². The second-order valence-corrected chi connectivity index (χ2v) is 10.0. The van der Waals surface area contributed by atoms with Crippen LogP contribution in [0.2, 0.25) is 0 Å². The molecule has 13 heteroatoms. The Hall–Kier alpha value is -4.00. The van der Waals surface area contributed by atoms with Gasteiger partial charge in [-0.05, 0) is 49.4 Å². The molecular formula is C28H35F3N4O6. The molecule has 10 nitrogen and oxygen atoms in total. The van der Waals surface area contributed by atoms with Crippen LogP contribution in [0.25, 0.3) is 0 Å². The van der Waals surface area contributed by atoms with Crippen molar-refractivity contribution in [3.8, 4) is 11.5 Å². The maximum atomic E-state index is 13.5. The van der Waals surface area contributed by atoms with Gasteiger partial charge in [0.25, 0.3) is 5.91 Å². The zero-order valence-corrected chi connectivity index (χ0v) is 23.3. The summed E-state index contributed by atoms with van der Waals surface area (Å²) in [6, 6.07) is 10.1. The number of carbonyl (C=O) groups excluding carboxylic acids is 3. The highest BCUT2D eigenvalue weighted by Gasteiger charge is 2.34. The predicted octanol–water partition coefficient (Wildman–Crippen LogP) is 4.36. The number of amides is 4. The third-order valence-electron chi connectivity index (χ3n) is 6.73. The fourth-order valence-corrected chi connectivity index (χ4v) is 4.24. The summed E-state index contributed by atoms with van der Waals surface area (Å²) in [6.07, 6.45) is -7.08. The fourth-order valence-electron chi connectivity index (χ4n) is 4.24. The first-order valence-electron chi connectivity index (χ1n) is 13.1. The maximum Gasteiger partial charge on any atom is 0.389 e. The molecule has 0 bridgehead atoms. The molecule has 4 amide bonds. The number of methoxy groups -OCH3 is 1. The molecule has 2 aromatic rings. The lowest BCUT2D eigenvalue weighted by Crippen LogP contribution is -2.50. The smallest absolute Gasteiger partial charge is 0.389 e. The number of alkyl halides is 3. The number of hydrogen-bond acceptors (Lipinski definition) is 6. The van der Waals surface area contributed by atoms with Crippen LogP contribution in [0.15, 0.2) is 42.5 Å². The number of carbonyl (C=O) groups is 3. The van der Waals surface area contributed by atoms with Crippen LogP contribution < -0.4 is 20.1 Å². The summed E-state index contributed by atoms with van der Waals surface area (Å²) in [7, 11) is 3.15. The number of nitrogens with zero attached hydrogens (tertiary/aromatic N) is 2. The highest BCUT2D eigenvalue weighted by molar-refractivity contribution is 6.00. The number of nitrogens with one attached hydrogen (secondary N) is 2. The maximum absolute atomic E-state index is 13.5. The lowest BCUT2D eigenvalue weighted by atomic mass is 9.99. The van der Waals surface area contributed by atoms with Gasteiger partial charge in [-0.1, -0.05) is 6.92 Å². The van der Waals surface area contributed by atoms with Crippen LogP contribution in [0.5, 0.6) is 11.5 Å². The van der Waals surface area contributed by atoms with E-state index in [2.05, 4.69) is 10.6 Å². The average Bonchev–Trinajstić information content (AvgIpc) is 2.93. The van der Waals surface area contributed by atoms with Crippen molar-refractivity contribution in [2.24, 2.45) is 5.92 Å². The number of fused-ring (bicyclic) bond motifs is 1. The summed E-state index contributed by atoms with van der Waals surface area (Å²) in [6.45, 7) is 3.58. The van der Waals surface area contributed by atoms with Crippen LogP contribution in [-0.2, 0) is 4.79 Å². The number of benzene rings is 2. The summed E-state index contributed by atoms with van der Waals surface area (Å²) in [4.78, 5) is 41.4. The van der Waals surface area contributed by atoms with E-state index in [9.17, 15) is 32.7 Å². The summed E-state index contributed by atoms with van der Waals surface area (Å²) in [5.74, 6) is -0.757. The molecule has 41 heavy (non-hydrogen) atoms. The molecule has 2 aromatic carbocycles. The topological polar surface area (TPSA) is 120 Å². The quantitative estimate of drug-likeness (QED) is 0.406. The molecule has 0 radical (unpaired) electrons. The van der Waals surface area contributed by atoms with Gasteiger partial charge in [0.05, 0.1) is 38.3 Å². The van der Waals surface area contributed by atoms with Crippen molar-refractivity contribution in [1.29, 1.82) is 0 Å². The normalized spacial score (nSPS) is 17.9. The number of rotatable bonds is 9. The molecule has 0 saturated carbocycles. The third kappa shape index (κ3) is 8.74. The van der Waals surface area contributed by atoms with Gasteiger partial charge < -0.3 is 35.0 Å². The highest BCUT2D eigenvalue weighted by atomic mass is 19.4. The van der Waals surface area contributed by atoms with Crippen LogP contribution in [0.4, 0.5) is 29.3 Å². The molecular weight excluding hydrogens is 545 g/mol. The molecule has 3 N–H and O–H groups in total. The van der Waals surface area contributed by atoms with Crippen LogP contribution >= 0.6 is 0 Å². The number of urea groups is 1. The molecule has 0 aliphatic carbocycles. The molecule has 1 heterocycles. The Labute approximate surface area is 236 Å². The van der Waals surface area contributed by atoms with E-state index in [0.717, 1.165) is 0 Å². The van der Waals surface area contributed by atoms with Gasteiger partial charge in [0, 0.05) is 37.3 Å². The van der Waals surface area contributed by atoms with Crippen molar-refractivity contribution in [3.63, 3.8) is 0 Å². The van der Waals surface area contributed by atoms with Gasteiger partial charge in [0.2, 0.25) is 5.91 Å². The summed E-state index contributed by atoms with van der Waals surface area (Å²) in [5.41, 5.74) is 0.768. The fraction of sp³-hybridized carbons (Fsp3) is 0.464. The first-order chi connectivity index (χ1) is 19.3. The molecule has 1 aliphatic heterocycles. The van der Waals surface area contributed by atoms with Crippen LogP contribution in [0.3, 0.4) is 0 Å². The molecule has 0 fully saturated rings. The van der Waals surface area contributed by atoms with Gasteiger partial charge in [-0.2, -0.15) is 13.2 Å². The number of hydrogen-bond donors (Lipinski definition) is 3. The van der Waals surface area contributed by atoms with E-state index < -0.39 is 43.0 Å². The molecule has 0 saturated heterocycles. The van der Waals surface area contributed by atoms with Crippen molar-refractivity contribution in [1.82, 2.24) is 9.80 Å². The second-order valence-electron chi connectivity index (χ2n) is 10.0. The SMILES string of the molecule is COc1ccc(NC(=O)N(C)C[C@@H]2Oc3ccc(NC(=O)CCC(F)(F)F)cc3C(=O)N([C@H](C)CO)C[C@@H]2C)cc1. The zero-order valence-electron chi connectivity index (χ0n) is 23.3. The molecule has 1 aliphatic rings. The van der Waals surface area contributed by atoms with E-state index in [1.807, 2.05) is 6.92 Å². The van der Waals surface area contributed by atoms with Gasteiger partial charge in [-0.3, -0.25) is 9.59 Å². The molecule has 3 rings (SSSR count). The van der Waals surface area contributed by atoms with Gasteiger partial charge in [-0.15, -0.1) is 0 Å². The van der Waals surface area contributed by atoms with Gasteiger partial charge in [-0.25, -0.2) is 4.79 Å². The highest BCUT2D eigenvalue weighted by Crippen LogP contribution is 2.31. The average molecular weight is 581 g/mol. The molecule has 0 unspecified atom stereocenters. The van der Waals surface area contributed by atoms with Crippen LogP contribution in [0.1, 0.15) is 37.0 Å². The number of likely N-dealkylation sites (N-methyl/N-ethyl adjacent to an activating group) is 1. The van der Waals surface area contributed by atoms with Crippen molar-refractivity contribution >= 4 is 29.2 Å². The minimum absolute atomic E-state index is 0.0705. The monoisotopic (exact) mass is 580 g/mol. The Morgan fingerprint density at radius 3 is 2.44 bits per heavy atom. The van der Waals surface area contributed by atoms with Gasteiger partial charge in [0.1, 0.15) is 17.6 Å². The number of aliphatic hydroxyl groups is 1. The Morgan fingerprint density at radius 2 is 1.83 bits per heavy atom. The van der Waals surface area contributed by atoms with Gasteiger partial charge >= 0.3 is 12.2 Å². The number of ether oxygens (including phenoxy) is 2. The van der Waals surface area contributed by atoms with E-state index in [-0.39, 0.29) is 48.6 Å². The first-order valence-corrected chi connectivity index (χ1v) is 13.1. The summed E-state index contributed by atoms with van der Waals surface area (Å²) >= 11 is 0. The van der Waals surface area contributed by atoms with E-state index in [1.165, 1.54) is 28.0 Å². The van der Waals surface area contributed by atoms with Crippen LogP contribution in [0, 0.1) is 5.92 Å². The molecule has 0 aromatic heterocycles. The van der Waals surface area contributed by atoms with Crippen molar-refractivity contribution in [2.75, 3.05) is 44.5 Å². The second kappa shape index (κ2) is 13.6. The largest absolute Gasteiger partial charge is 0.497 e. The predicted molar refractivity (Wildman–Crippen MR) is 146 cm³/mol. The number of aliphatic hydroxyl groups excluding tert-OH is 1. The summed E-state index contributed by atoms with van der Waals surface area (Å²) < 4.78 is 48.9. The first kappa shape index (κ1) is 31.5. The third-order valence-corrected chi connectivity index (χ3v) is 6.73. The Kier molecular flexibility index (Phi) is 10.4. The Balaban J connectivity index is 1.81. The molecule has 0 spiro atoms. The van der Waals surface area contributed by atoms with E-state index in [4.69, 9.17) is 9.47 Å². The minimum atomic E-state index is -4.47. The Bertz CT molecular complexity index is 1220. The number of anilines is 2. The summed E-state index contributed by atoms with van der Waals surface area (Å²) in [5, 5.41) is 15.0. The lowest BCUT2D eigenvalue weighted by molar-refractivity contribution is -0.142. The van der Waals surface area contributed by atoms with Crippen molar-refractivity contribution < 1.29 is 42.1 Å². The standard InChI is InChI=1S/C28H35F3N4O6/c1-17-14-35(18(2)16-36)26(38)22-13-20(32-25(37)11-12-28(29,30)31)7-10-23(22)41-24(17)15-34(3)27(39)33-19-5-8-21(40-4)9-6-19/h5-10,13,17-18,24,36H,11-12,14-16H2,1-4H3,(H,32,37)(H,33,39)/t17-,18+,24-/m0/s1. The molecule has 3 atom stereocenters. The van der Waals surface area contributed by atoms with E-state index in [1.54, 1.807) is 45.3 Å².